The van der Waals surface area contributed by atoms with Gasteiger partial charge in [-0.25, -0.2) is 0 Å². The van der Waals surface area contributed by atoms with Gasteiger partial charge >= 0.3 is 0 Å². The molecule has 0 radical (unpaired) electrons. The molecule has 0 saturated heterocycles. The lowest BCUT2D eigenvalue weighted by Crippen LogP contribution is -2.84. The summed E-state index contributed by atoms with van der Waals surface area (Å²) < 4.78 is 5.96. The molecular formula is C18H32NO+. The van der Waals surface area contributed by atoms with Crippen LogP contribution in [0.5, 0.6) is 5.75 Å². The van der Waals surface area contributed by atoms with Crippen molar-refractivity contribution in [3.8, 4) is 5.75 Å². The smallest absolute Gasteiger partial charge is 0.125 e. The van der Waals surface area contributed by atoms with Crippen LogP contribution in [0.2, 0.25) is 0 Å². The number of ether oxygens (including phenoxy) is 1. The Bertz CT molecular complexity index is 364. The molecule has 0 aliphatic heterocycles. The van der Waals surface area contributed by atoms with E-state index in [1.165, 1.54) is 55.5 Å². The second-order valence-corrected chi connectivity index (χ2v) is 5.86. The zero-order chi connectivity index (χ0) is 14.8. The molecule has 0 spiro atoms. The van der Waals surface area contributed by atoms with Gasteiger partial charge in [-0.3, -0.25) is 0 Å². The normalized spacial score (nSPS) is 10.8. The van der Waals surface area contributed by atoms with Crippen molar-refractivity contribution in [2.45, 2.75) is 59.8 Å². The fraction of sp³-hybridized carbons (Fsp3) is 0.667. The summed E-state index contributed by atoms with van der Waals surface area (Å²) >= 11 is 0. The van der Waals surface area contributed by atoms with E-state index in [1.807, 2.05) is 0 Å². The quantitative estimate of drug-likeness (QED) is 0.651. The van der Waals surface area contributed by atoms with Crippen molar-refractivity contribution in [1.82, 2.24) is 0 Å². The summed E-state index contributed by atoms with van der Waals surface area (Å²) in [6.45, 7) is 12.1. The Morgan fingerprint density at radius 1 is 0.900 bits per heavy atom. The van der Waals surface area contributed by atoms with Crippen molar-refractivity contribution in [1.29, 1.82) is 0 Å². The summed E-state index contributed by atoms with van der Waals surface area (Å²) in [7, 11) is 0. The molecule has 2 N–H and O–H groups in total. The van der Waals surface area contributed by atoms with E-state index < -0.39 is 0 Å². The molecule has 0 bridgehead atoms. The van der Waals surface area contributed by atoms with Crippen LogP contribution >= 0.6 is 0 Å². The summed E-state index contributed by atoms with van der Waals surface area (Å²) in [6, 6.07) is 4.40. The Hall–Kier alpha value is -1.02. The van der Waals surface area contributed by atoms with E-state index >= 15 is 0 Å². The van der Waals surface area contributed by atoms with Crippen molar-refractivity contribution in [3.05, 3.63) is 28.8 Å². The molecule has 0 heterocycles. The minimum atomic E-state index is 0.847. The van der Waals surface area contributed by atoms with Crippen LogP contribution < -0.4 is 10.1 Å². The Balaban J connectivity index is 2.13. The third-order valence-electron chi connectivity index (χ3n) is 3.67. The second kappa shape index (κ2) is 9.82. The number of aryl methyl sites for hydroxylation is 3. The van der Waals surface area contributed by atoms with Gasteiger partial charge in [0.1, 0.15) is 5.75 Å². The van der Waals surface area contributed by atoms with E-state index in [-0.39, 0.29) is 0 Å². The first-order valence-corrected chi connectivity index (χ1v) is 8.17. The molecule has 0 atom stereocenters. The maximum absolute atomic E-state index is 5.96. The van der Waals surface area contributed by atoms with Gasteiger partial charge in [-0.1, -0.05) is 31.0 Å². The van der Waals surface area contributed by atoms with Gasteiger partial charge in [-0.05, 0) is 57.6 Å². The molecule has 0 aliphatic carbocycles. The van der Waals surface area contributed by atoms with Gasteiger partial charge in [0.2, 0.25) is 0 Å². The SMILES string of the molecule is CCCC[NH2+]CCCCCOc1c(C)cc(C)cc1C. The number of benzene rings is 1. The van der Waals surface area contributed by atoms with Crippen LogP contribution in [-0.2, 0) is 0 Å². The molecule has 0 aromatic heterocycles. The Morgan fingerprint density at radius 3 is 2.20 bits per heavy atom. The molecule has 2 nitrogen and oxygen atoms in total. The molecule has 1 rings (SSSR count). The van der Waals surface area contributed by atoms with Gasteiger partial charge in [0.15, 0.2) is 0 Å². The maximum Gasteiger partial charge on any atom is 0.125 e. The third kappa shape index (κ3) is 6.42. The van der Waals surface area contributed by atoms with E-state index in [0.29, 0.717) is 0 Å². The number of unbranched alkanes of at least 4 members (excludes halogenated alkanes) is 3. The summed E-state index contributed by atoms with van der Waals surface area (Å²) in [5.74, 6) is 1.09. The molecule has 0 fully saturated rings. The lowest BCUT2D eigenvalue weighted by Gasteiger charge is -2.13. The van der Waals surface area contributed by atoms with Crippen molar-refractivity contribution < 1.29 is 10.1 Å². The lowest BCUT2D eigenvalue weighted by molar-refractivity contribution is -0.655. The first-order valence-electron chi connectivity index (χ1n) is 8.17. The highest BCUT2D eigenvalue weighted by molar-refractivity contribution is 5.42. The number of hydrogen-bond acceptors (Lipinski definition) is 1. The van der Waals surface area contributed by atoms with E-state index in [1.54, 1.807) is 0 Å². The van der Waals surface area contributed by atoms with E-state index in [4.69, 9.17) is 4.74 Å². The lowest BCUT2D eigenvalue weighted by atomic mass is 10.1. The molecule has 114 valence electrons. The molecule has 0 unspecified atom stereocenters. The zero-order valence-electron chi connectivity index (χ0n) is 13.8. The van der Waals surface area contributed by atoms with Gasteiger partial charge in [0, 0.05) is 0 Å². The molecule has 1 aromatic carbocycles. The highest BCUT2D eigenvalue weighted by Gasteiger charge is 2.04. The molecule has 0 saturated carbocycles. The highest BCUT2D eigenvalue weighted by Crippen LogP contribution is 2.24. The average molecular weight is 278 g/mol. The third-order valence-corrected chi connectivity index (χ3v) is 3.67. The van der Waals surface area contributed by atoms with Crippen LogP contribution in [0.4, 0.5) is 0 Å². The fourth-order valence-electron chi connectivity index (χ4n) is 2.63. The van der Waals surface area contributed by atoms with Crippen LogP contribution in [0.3, 0.4) is 0 Å². The second-order valence-electron chi connectivity index (χ2n) is 5.86. The van der Waals surface area contributed by atoms with Crippen molar-refractivity contribution in [2.75, 3.05) is 19.7 Å². The first-order chi connectivity index (χ1) is 9.65. The van der Waals surface area contributed by atoms with Crippen molar-refractivity contribution in [3.63, 3.8) is 0 Å². The van der Waals surface area contributed by atoms with Crippen LogP contribution in [0.15, 0.2) is 12.1 Å². The monoisotopic (exact) mass is 278 g/mol. The predicted octanol–water partition coefficient (Wildman–Crippen LogP) is 3.52. The fourth-order valence-corrected chi connectivity index (χ4v) is 2.63. The predicted molar refractivity (Wildman–Crippen MR) is 86.6 cm³/mol. The van der Waals surface area contributed by atoms with Crippen LogP contribution in [0.1, 0.15) is 55.7 Å². The van der Waals surface area contributed by atoms with Crippen LogP contribution in [-0.4, -0.2) is 19.7 Å². The van der Waals surface area contributed by atoms with Gasteiger partial charge in [0.05, 0.1) is 19.7 Å². The molecular weight excluding hydrogens is 246 g/mol. The standard InChI is InChI=1S/C18H31NO/c1-5-6-10-19-11-8-7-9-12-20-18-16(3)13-15(2)14-17(18)4/h13-14,19H,5-12H2,1-4H3/p+1. The Morgan fingerprint density at radius 2 is 1.55 bits per heavy atom. The average Bonchev–Trinajstić information content (AvgIpc) is 2.39. The summed E-state index contributed by atoms with van der Waals surface area (Å²) in [4.78, 5) is 0. The topological polar surface area (TPSA) is 25.8 Å². The minimum Gasteiger partial charge on any atom is -0.493 e. The first kappa shape index (κ1) is 17.0. The molecule has 2 heteroatoms. The Labute approximate surface area is 124 Å². The van der Waals surface area contributed by atoms with Gasteiger partial charge in [-0.15, -0.1) is 0 Å². The largest absolute Gasteiger partial charge is 0.493 e. The van der Waals surface area contributed by atoms with Crippen LogP contribution in [0.25, 0.3) is 0 Å². The maximum atomic E-state index is 5.96. The summed E-state index contributed by atoms with van der Waals surface area (Å²) in [6.07, 6.45) is 6.38. The van der Waals surface area contributed by atoms with Gasteiger partial charge in [-0.2, -0.15) is 0 Å². The van der Waals surface area contributed by atoms with Gasteiger partial charge in [0.25, 0.3) is 0 Å². The van der Waals surface area contributed by atoms with E-state index in [0.717, 1.165) is 18.8 Å². The highest BCUT2D eigenvalue weighted by atomic mass is 16.5. The van der Waals surface area contributed by atoms with E-state index in [9.17, 15) is 0 Å². The zero-order valence-corrected chi connectivity index (χ0v) is 13.8. The minimum absolute atomic E-state index is 0.847. The number of nitrogens with two attached hydrogens (primary N) is 1. The molecule has 0 aliphatic rings. The molecule has 20 heavy (non-hydrogen) atoms. The molecule has 0 amide bonds. The van der Waals surface area contributed by atoms with Gasteiger partial charge < -0.3 is 10.1 Å². The van der Waals surface area contributed by atoms with Crippen molar-refractivity contribution >= 4 is 0 Å². The van der Waals surface area contributed by atoms with Crippen LogP contribution in [0, 0.1) is 20.8 Å². The number of quaternary nitrogens is 1. The Kier molecular flexibility index (Phi) is 8.36. The number of rotatable bonds is 10. The van der Waals surface area contributed by atoms with E-state index in [2.05, 4.69) is 45.1 Å². The van der Waals surface area contributed by atoms with Crippen molar-refractivity contribution in [2.24, 2.45) is 0 Å². The summed E-state index contributed by atoms with van der Waals surface area (Å²) in [5.41, 5.74) is 3.83. The summed E-state index contributed by atoms with van der Waals surface area (Å²) in [5, 5.41) is 2.44. The molecule has 1 aromatic rings. The number of hydrogen-bond donors (Lipinski definition) is 1.